The van der Waals surface area contributed by atoms with Crippen LogP contribution in [0.5, 0.6) is 5.75 Å². The van der Waals surface area contributed by atoms with Gasteiger partial charge in [0.1, 0.15) is 5.75 Å². The summed E-state index contributed by atoms with van der Waals surface area (Å²) in [6.45, 7) is 1.59. The van der Waals surface area contributed by atoms with Crippen molar-refractivity contribution in [2.24, 2.45) is 0 Å². The summed E-state index contributed by atoms with van der Waals surface area (Å²) in [5.41, 5.74) is 0.277. The maximum atomic E-state index is 12.4. The fourth-order valence-corrected chi connectivity index (χ4v) is 2.31. The Kier molecular flexibility index (Phi) is 3.28. The van der Waals surface area contributed by atoms with Crippen LogP contribution in [0.1, 0.15) is 5.69 Å². The van der Waals surface area contributed by atoms with Crippen molar-refractivity contribution in [1.82, 2.24) is 14.8 Å². The Bertz CT molecular complexity index is 981. The fourth-order valence-electron chi connectivity index (χ4n) is 2.31. The number of nitrogens with zero attached hydrogens (tertiary/aromatic N) is 1. The van der Waals surface area contributed by atoms with Gasteiger partial charge in [0.15, 0.2) is 0 Å². The zero-order valence-corrected chi connectivity index (χ0v) is 11.7. The second-order valence-electron chi connectivity index (χ2n) is 4.84. The van der Waals surface area contributed by atoms with Crippen LogP contribution in [-0.2, 0) is 0 Å². The molecule has 0 aliphatic rings. The van der Waals surface area contributed by atoms with Crippen LogP contribution in [0.4, 0.5) is 13.2 Å². The predicted octanol–water partition coefficient (Wildman–Crippen LogP) is 2.21. The number of nitrogens with one attached hydrogen (secondary N) is 2. The normalized spacial score (nSPS) is 11.8. The minimum atomic E-state index is -4.78. The number of aryl methyl sites for hydroxylation is 1. The van der Waals surface area contributed by atoms with Crippen LogP contribution in [0.2, 0.25) is 0 Å². The van der Waals surface area contributed by atoms with Gasteiger partial charge in [0.25, 0.3) is 5.56 Å². The van der Waals surface area contributed by atoms with Gasteiger partial charge in [-0.1, -0.05) is 0 Å². The molecule has 2 heterocycles. The highest BCUT2D eigenvalue weighted by molar-refractivity contribution is 5.80. The lowest BCUT2D eigenvalue weighted by Crippen LogP contribution is -2.17. The van der Waals surface area contributed by atoms with Gasteiger partial charge in [0.05, 0.1) is 16.6 Å². The molecule has 2 aromatic heterocycles. The van der Waals surface area contributed by atoms with E-state index < -0.39 is 17.7 Å². The Balaban J connectivity index is 2.07. The molecule has 3 aromatic rings. The summed E-state index contributed by atoms with van der Waals surface area (Å²) >= 11 is 0. The van der Waals surface area contributed by atoms with E-state index in [2.05, 4.69) is 14.8 Å². The summed E-state index contributed by atoms with van der Waals surface area (Å²) in [5, 5.41) is 3.06. The lowest BCUT2D eigenvalue weighted by atomic mass is 10.2. The van der Waals surface area contributed by atoms with Crippen LogP contribution in [0.15, 0.2) is 39.9 Å². The fraction of sp³-hybridized carbons (Fsp3) is 0.143. The van der Waals surface area contributed by atoms with E-state index in [1.165, 1.54) is 18.2 Å². The van der Waals surface area contributed by atoms with Gasteiger partial charge in [-0.15, -0.1) is 13.2 Å². The minimum Gasteiger partial charge on any atom is -0.406 e. The predicted molar refractivity (Wildman–Crippen MR) is 75.9 cm³/mol. The first kappa shape index (κ1) is 14.9. The largest absolute Gasteiger partial charge is 0.573 e. The first-order chi connectivity index (χ1) is 10.7. The van der Waals surface area contributed by atoms with Crippen molar-refractivity contribution in [2.45, 2.75) is 13.3 Å². The van der Waals surface area contributed by atoms with Crippen molar-refractivity contribution < 1.29 is 17.9 Å². The van der Waals surface area contributed by atoms with Crippen molar-refractivity contribution in [2.75, 3.05) is 0 Å². The van der Waals surface area contributed by atoms with Gasteiger partial charge in [-0.3, -0.25) is 14.7 Å². The van der Waals surface area contributed by atoms with E-state index >= 15 is 0 Å². The number of aromatic amines is 2. The van der Waals surface area contributed by atoms with Crippen molar-refractivity contribution in [3.8, 4) is 11.4 Å². The third kappa shape index (κ3) is 2.85. The number of hydrogen-bond acceptors (Lipinski definition) is 3. The average Bonchev–Trinajstić information content (AvgIpc) is 2.75. The van der Waals surface area contributed by atoms with Crippen LogP contribution < -0.4 is 15.9 Å². The zero-order valence-electron chi connectivity index (χ0n) is 11.7. The molecule has 0 radical (unpaired) electrons. The van der Waals surface area contributed by atoms with E-state index in [0.717, 1.165) is 16.8 Å². The topological polar surface area (TPSA) is 79.9 Å². The molecule has 0 aliphatic heterocycles. The number of alkyl halides is 3. The Morgan fingerprint density at radius 1 is 1.13 bits per heavy atom. The van der Waals surface area contributed by atoms with E-state index in [4.69, 9.17) is 0 Å². The number of H-pyrrole nitrogens is 2. The molecule has 0 spiro atoms. The van der Waals surface area contributed by atoms with E-state index in [-0.39, 0.29) is 5.56 Å². The number of ether oxygens (including phenoxy) is 1. The van der Waals surface area contributed by atoms with E-state index in [1.807, 2.05) is 0 Å². The Morgan fingerprint density at radius 3 is 2.39 bits per heavy atom. The highest BCUT2D eigenvalue weighted by atomic mass is 19.4. The van der Waals surface area contributed by atoms with E-state index in [0.29, 0.717) is 22.3 Å². The summed E-state index contributed by atoms with van der Waals surface area (Å²) in [6, 6.07) is 6.03. The molecule has 6 nitrogen and oxygen atoms in total. The number of aromatic nitrogens is 3. The van der Waals surface area contributed by atoms with Gasteiger partial charge in [-0.25, -0.2) is 4.68 Å². The highest BCUT2D eigenvalue weighted by Gasteiger charge is 2.31. The van der Waals surface area contributed by atoms with Crippen LogP contribution in [-0.4, -0.2) is 21.1 Å². The molecule has 2 N–H and O–H groups in total. The molecule has 0 amide bonds. The lowest BCUT2D eigenvalue weighted by Gasteiger charge is -2.09. The summed E-state index contributed by atoms with van der Waals surface area (Å²) in [4.78, 5) is 26.3. The summed E-state index contributed by atoms with van der Waals surface area (Å²) in [5.74, 6) is -0.392. The number of rotatable bonds is 2. The van der Waals surface area contributed by atoms with Crippen LogP contribution in [0, 0.1) is 6.92 Å². The molecular formula is C14H10F3N3O3. The molecule has 0 fully saturated rings. The lowest BCUT2D eigenvalue weighted by molar-refractivity contribution is -0.274. The monoisotopic (exact) mass is 325 g/mol. The van der Waals surface area contributed by atoms with Gasteiger partial charge >= 0.3 is 6.36 Å². The zero-order chi connectivity index (χ0) is 16.8. The quantitative estimate of drug-likeness (QED) is 0.758. The van der Waals surface area contributed by atoms with Crippen LogP contribution in [0.3, 0.4) is 0 Å². The van der Waals surface area contributed by atoms with Gasteiger partial charge in [0.2, 0.25) is 5.56 Å². The first-order valence-electron chi connectivity index (χ1n) is 6.45. The number of benzene rings is 1. The van der Waals surface area contributed by atoms with Crippen molar-refractivity contribution in [3.63, 3.8) is 0 Å². The molecule has 0 saturated carbocycles. The van der Waals surface area contributed by atoms with E-state index in [9.17, 15) is 22.8 Å². The Morgan fingerprint density at radius 2 is 1.78 bits per heavy atom. The van der Waals surface area contributed by atoms with Gasteiger partial charge in [-0.05, 0) is 31.2 Å². The summed E-state index contributed by atoms with van der Waals surface area (Å²) in [6.07, 6.45) is -4.78. The molecule has 0 bridgehead atoms. The van der Waals surface area contributed by atoms with Crippen molar-refractivity contribution >= 4 is 10.9 Å². The molecule has 0 atom stereocenters. The number of halogens is 3. The molecule has 9 heteroatoms. The Labute approximate surface area is 126 Å². The number of hydrogen-bond donors (Lipinski definition) is 2. The minimum absolute atomic E-state index is 0.306. The molecule has 23 heavy (non-hydrogen) atoms. The highest BCUT2D eigenvalue weighted by Crippen LogP contribution is 2.23. The average molecular weight is 325 g/mol. The molecule has 1 aromatic carbocycles. The van der Waals surface area contributed by atoms with Crippen LogP contribution in [0.25, 0.3) is 16.6 Å². The van der Waals surface area contributed by atoms with Gasteiger partial charge in [-0.2, -0.15) is 0 Å². The number of pyridine rings is 1. The van der Waals surface area contributed by atoms with Crippen molar-refractivity contribution in [1.29, 1.82) is 0 Å². The Hall–Kier alpha value is -2.97. The molecule has 0 saturated heterocycles. The second kappa shape index (κ2) is 5.04. The SMILES string of the molecule is Cc1[nH]c(=O)cc2[nH]n(-c3ccc(OC(F)(F)F)cc3)c(=O)c12. The third-order valence-electron chi connectivity index (χ3n) is 3.21. The molecule has 120 valence electrons. The molecule has 0 unspecified atom stereocenters. The van der Waals surface area contributed by atoms with Crippen LogP contribution >= 0.6 is 0 Å². The first-order valence-corrected chi connectivity index (χ1v) is 6.45. The number of fused-ring (bicyclic) bond motifs is 1. The molecule has 3 rings (SSSR count). The van der Waals surface area contributed by atoms with Gasteiger partial charge < -0.3 is 9.72 Å². The van der Waals surface area contributed by atoms with E-state index in [1.54, 1.807) is 6.92 Å². The summed E-state index contributed by atoms with van der Waals surface area (Å²) in [7, 11) is 0. The smallest absolute Gasteiger partial charge is 0.406 e. The maximum Gasteiger partial charge on any atom is 0.573 e. The maximum absolute atomic E-state index is 12.4. The third-order valence-corrected chi connectivity index (χ3v) is 3.21. The van der Waals surface area contributed by atoms with Crippen molar-refractivity contribution in [3.05, 3.63) is 56.7 Å². The van der Waals surface area contributed by atoms with Gasteiger partial charge in [0, 0.05) is 11.8 Å². The molecular weight excluding hydrogens is 315 g/mol. The molecule has 0 aliphatic carbocycles. The second-order valence-corrected chi connectivity index (χ2v) is 4.84. The standard InChI is InChI=1S/C14H10F3N3O3/c1-7-12-10(6-11(21)18-7)19-20(13(12)22)8-2-4-9(5-3-8)23-14(15,16)17/h2-6,19H,1H3,(H,18,21). The summed E-state index contributed by atoms with van der Waals surface area (Å²) < 4.78 is 41.3.